The number of hydrogen-bond acceptors (Lipinski definition) is 1. The Morgan fingerprint density at radius 1 is 1.00 bits per heavy atom. The second-order valence-electron chi connectivity index (χ2n) is 6.42. The highest BCUT2D eigenvalue weighted by atomic mass is 19.4. The van der Waals surface area contributed by atoms with Crippen LogP contribution in [0.3, 0.4) is 0 Å². The van der Waals surface area contributed by atoms with Crippen LogP contribution < -0.4 is 5.43 Å². The SMILES string of the molecule is Cc1cc(C(C)(C)C)ccc1-c1cc(=O)cc(C(F)(F)F)[nH]1. The smallest absolute Gasteiger partial charge is 0.351 e. The monoisotopic (exact) mass is 309 g/mol. The highest BCUT2D eigenvalue weighted by Gasteiger charge is 2.32. The van der Waals surface area contributed by atoms with Gasteiger partial charge in [0.05, 0.1) is 0 Å². The standard InChI is InChI=1S/C17H18F3NO/c1-10-7-11(16(2,3)4)5-6-13(10)14-8-12(22)9-15(21-14)17(18,19)20/h5-9H,1-4H3,(H,21,22). The first-order valence-corrected chi connectivity index (χ1v) is 6.91. The Bertz CT molecular complexity index is 752. The molecular weight excluding hydrogens is 291 g/mol. The van der Waals surface area contributed by atoms with E-state index in [2.05, 4.69) is 25.8 Å². The first kappa shape index (κ1) is 16.3. The molecule has 0 saturated heterocycles. The molecule has 118 valence electrons. The van der Waals surface area contributed by atoms with Crippen molar-refractivity contribution in [2.45, 2.75) is 39.3 Å². The summed E-state index contributed by atoms with van der Waals surface area (Å²) < 4.78 is 38.4. The van der Waals surface area contributed by atoms with Crippen LogP contribution in [0.15, 0.2) is 35.1 Å². The van der Waals surface area contributed by atoms with Crippen molar-refractivity contribution in [2.24, 2.45) is 0 Å². The third-order valence-electron chi connectivity index (χ3n) is 3.53. The number of H-pyrrole nitrogens is 1. The van der Waals surface area contributed by atoms with Gasteiger partial charge in [-0.2, -0.15) is 13.2 Å². The van der Waals surface area contributed by atoms with Crippen molar-refractivity contribution >= 4 is 0 Å². The lowest BCUT2D eigenvalue weighted by Crippen LogP contribution is -2.14. The number of aryl methyl sites for hydroxylation is 1. The molecule has 1 heterocycles. The minimum absolute atomic E-state index is 0.0511. The van der Waals surface area contributed by atoms with Crippen LogP contribution in [-0.2, 0) is 11.6 Å². The fraction of sp³-hybridized carbons (Fsp3) is 0.353. The Kier molecular flexibility index (Phi) is 3.94. The van der Waals surface area contributed by atoms with Crippen LogP contribution in [0.4, 0.5) is 13.2 Å². The van der Waals surface area contributed by atoms with Crippen LogP contribution in [0.1, 0.15) is 37.6 Å². The quantitative estimate of drug-likeness (QED) is 0.816. The Balaban J connectivity index is 2.58. The lowest BCUT2D eigenvalue weighted by atomic mass is 9.85. The summed E-state index contributed by atoms with van der Waals surface area (Å²) >= 11 is 0. The number of nitrogens with one attached hydrogen (secondary N) is 1. The summed E-state index contributed by atoms with van der Waals surface area (Å²) in [4.78, 5) is 13.9. The van der Waals surface area contributed by atoms with Crippen molar-refractivity contribution in [2.75, 3.05) is 0 Å². The highest BCUT2D eigenvalue weighted by molar-refractivity contribution is 5.64. The number of benzene rings is 1. The van der Waals surface area contributed by atoms with Crippen LogP contribution in [0.5, 0.6) is 0 Å². The van der Waals surface area contributed by atoms with Gasteiger partial charge in [-0.1, -0.05) is 39.0 Å². The van der Waals surface area contributed by atoms with E-state index in [0.29, 0.717) is 11.6 Å². The van der Waals surface area contributed by atoms with E-state index in [-0.39, 0.29) is 11.1 Å². The third kappa shape index (κ3) is 3.40. The number of halogens is 3. The molecule has 2 rings (SSSR count). The molecule has 0 radical (unpaired) electrons. The van der Waals surface area contributed by atoms with Gasteiger partial charge in [0.15, 0.2) is 5.43 Å². The molecule has 0 bridgehead atoms. The Labute approximate surface area is 127 Å². The topological polar surface area (TPSA) is 32.9 Å². The van der Waals surface area contributed by atoms with Gasteiger partial charge in [-0.15, -0.1) is 0 Å². The van der Waals surface area contributed by atoms with Gasteiger partial charge in [0.2, 0.25) is 0 Å². The normalized spacial score (nSPS) is 12.5. The molecule has 1 aromatic heterocycles. The van der Waals surface area contributed by atoms with Crippen molar-refractivity contribution in [1.29, 1.82) is 0 Å². The summed E-state index contributed by atoms with van der Waals surface area (Å²) in [5.41, 5.74) is 0.930. The van der Waals surface area contributed by atoms with Crippen LogP contribution in [0, 0.1) is 6.92 Å². The predicted molar refractivity (Wildman–Crippen MR) is 80.9 cm³/mol. The van der Waals surface area contributed by atoms with Crippen molar-refractivity contribution in [3.8, 4) is 11.3 Å². The van der Waals surface area contributed by atoms with E-state index in [9.17, 15) is 18.0 Å². The molecule has 0 amide bonds. The minimum Gasteiger partial charge on any atom is -0.351 e. The third-order valence-corrected chi connectivity index (χ3v) is 3.53. The molecule has 0 aliphatic carbocycles. The maximum atomic E-state index is 12.8. The van der Waals surface area contributed by atoms with Gasteiger partial charge in [0.25, 0.3) is 0 Å². The Morgan fingerprint density at radius 3 is 2.14 bits per heavy atom. The summed E-state index contributed by atoms with van der Waals surface area (Å²) in [6.45, 7) is 8.01. The fourth-order valence-electron chi connectivity index (χ4n) is 2.27. The number of alkyl halides is 3. The van der Waals surface area contributed by atoms with Crippen LogP contribution in [-0.4, -0.2) is 4.98 Å². The average molecular weight is 309 g/mol. The average Bonchev–Trinajstić information content (AvgIpc) is 2.35. The molecule has 0 atom stereocenters. The van der Waals surface area contributed by atoms with E-state index >= 15 is 0 Å². The summed E-state index contributed by atoms with van der Waals surface area (Å²) in [5, 5.41) is 0. The van der Waals surface area contributed by atoms with E-state index < -0.39 is 17.3 Å². The second kappa shape index (κ2) is 5.30. The zero-order valence-electron chi connectivity index (χ0n) is 12.9. The molecule has 1 N–H and O–H groups in total. The first-order chi connectivity index (χ1) is 9.98. The van der Waals surface area contributed by atoms with Gasteiger partial charge in [0, 0.05) is 23.4 Å². The summed E-state index contributed by atoms with van der Waals surface area (Å²) in [5.74, 6) is 0. The molecule has 0 aliphatic heterocycles. The molecule has 0 aliphatic rings. The predicted octanol–water partition coefficient (Wildman–Crippen LogP) is 4.67. The molecule has 5 heteroatoms. The number of hydrogen-bond donors (Lipinski definition) is 1. The number of aromatic nitrogens is 1. The molecule has 1 aromatic carbocycles. The van der Waals surface area contributed by atoms with E-state index in [1.807, 2.05) is 19.1 Å². The first-order valence-electron chi connectivity index (χ1n) is 6.91. The molecule has 22 heavy (non-hydrogen) atoms. The molecule has 0 spiro atoms. The summed E-state index contributed by atoms with van der Waals surface area (Å²) in [7, 11) is 0. The molecular formula is C17H18F3NO. The van der Waals surface area contributed by atoms with Gasteiger partial charge in [0.1, 0.15) is 5.69 Å². The maximum Gasteiger partial charge on any atom is 0.431 e. The van der Waals surface area contributed by atoms with Crippen LogP contribution in [0.2, 0.25) is 0 Å². The minimum atomic E-state index is -4.57. The second-order valence-corrected chi connectivity index (χ2v) is 6.42. The van der Waals surface area contributed by atoms with Crippen molar-refractivity contribution < 1.29 is 13.2 Å². The Morgan fingerprint density at radius 2 is 1.64 bits per heavy atom. The fourth-order valence-corrected chi connectivity index (χ4v) is 2.27. The number of aromatic amines is 1. The van der Waals surface area contributed by atoms with Crippen molar-refractivity contribution in [1.82, 2.24) is 4.98 Å². The molecule has 0 fully saturated rings. The molecule has 0 saturated carbocycles. The van der Waals surface area contributed by atoms with Gasteiger partial charge < -0.3 is 4.98 Å². The number of rotatable bonds is 1. The summed E-state index contributed by atoms with van der Waals surface area (Å²) in [6, 6.07) is 7.33. The molecule has 0 unspecified atom stereocenters. The van der Waals surface area contributed by atoms with E-state index in [1.54, 1.807) is 6.07 Å². The highest BCUT2D eigenvalue weighted by Crippen LogP contribution is 2.31. The zero-order chi connectivity index (χ0) is 16.7. The van der Waals surface area contributed by atoms with Crippen molar-refractivity contribution in [3.05, 3.63) is 57.4 Å². The van der Waals surface area contributed by atoms with E-state index in [1.165, 1.54) is 6.07 Å². The van der Waals surface area contributed by atoms with Gasteiger partial charge in [-0.3, -0.25) is 4.79 Å². The van der Waals surface area contributed by atoms with Crippen LogP contribution in [0.25, 0.3) is 11.3 Å². The molecule has 2 aromatic rings. The zero-order valence-corrected chi connectivity index (χ0v) is 12.9. The van der Waals surface area contributed by atoms with E-state index in [0.717, 1.165) is 11.1 Å². The van der Waals surface area contributed by atoms with Crippen molar-refractivity contribution in [3.63, 3.8) is 0 Å². The molecule has 2 nitrogen and oxygen atoms in total. The van der Waals surface area contributed by atoms with E-state index in [4.69, 9.17) is 0 Å². The van der Waals surface area contributed by atoms with Crippen LogP contribution >= 0.6 is 0 Å². The lowest BCUT2D eigenvalue weighted by Gasteiger charge is -2.20. The number of pyridine rings is 1. The maximum absolute atomic E-state index is 12.8. The lowest BCUT2D eigenvalue weighted by molar-refractivity contribution is -0.141. The van der Waals surface area contributed by atoms with Gasteiger partial charge in [-0.05, 0) is 23.5 Å². The largest absolute Gasteiger partial charge is 0.431 e. The summed E-state index contributed by atoms with van der Waals surface area (Å²) in [6.07, 6.45) is -4.57. The van der Waals surface area contributed by atoms with Gasteiger partial charge >= 0.3 is 6.18 Å². The Hall–Kier alpha value is -2.04. The van der Waals surface area contributed by atoms with Gasteiger partial charge in [-0.25, -0.2) is 0 Å².